The molecule has 3 nitrogen and oxygen atoms in total. The lowest BCUT2D eigenvalue weighted by Crippen LogP contribution is -2.35. The summed E-state index contributed by atoms with van der Waals surface area (Å²) in [5, 5.41) is 3.59. The molecule has 0 bridgehead atoms. The number of hydrogen-bond acceptors (Lipinski definition) is 3. The quantitative estimate of drug-likeness (QED) is 0.872. The summed E-state index contributed by atoms with van der Waals surface area (Å²) < 4.78 is 22.8. The Kier molecular flexibility index (Phi) is 5.56. The smallest absolute Gasteiger partial charge is 0.175 e. The molecule has 19 heavy (non-hydrogen) atoms. The minimum absolute atomic E-state index is 0.223. The van der Waals surface area contributed by atoms with E-state index in [2.05, 4.69) is 33.0 Å². The van der Waals surface area contributed by atoms with Crippen molar-refractivity contribution in [2.24, 2.45) is 5.92 Å². The Bertz CT molecular complexity index is 491. The van der Waals surface area contributed by atoms with Gasteiger partial charge in [-0.05, 0) is 37.0 Å². The fourth-order valence-corrected chi connectivity index (χ4v) is 2.83. The van der Waals surface area contributed by atoms with E-state index in [0.717, 1.165) is 12.0 Å². The molecule has 1 N–H and O–H groups in total. The van der Waals surface area contributed by atoms with Crippen LogP contribution in [0.15, 0.2) is 29.2 Å². The van der Waals surface area contributed by atoms with Crippen LogP contribution in [0.2, 0.25) is 0 Å². The Labute approximate surface area is 117 Å². The van der Waals surface area contributed by atoms with Crippen LogP contribution in [0.1, 0.15) is 45.7 Å². The number of hydrogen-bond donors (Lipinski definition) is 1. The molecule has 0 saturated heterocycles. The van der Waals surface area contributed by atoms with Gasteiger partial charge < -0.3 is 5.32 Å². The second-order valence-corrected chi connectivity index (χ2v) is 7.50. The zero-order valence-electron chi connectivity index (χ0n) is 12.5. The molecular weight excluding hydrogens is 258 g/mol. The van der Waals surface area contributed by atoms with Crippen molar-refractivity contribution >= 4 is 9.84 Å². The highest BCUT2D eigenvalue weighted by atomic mass is 32.2. The summed E-state index contributed by atoms with van der Waals surface area (Å²) in [7, 11) is -3.11. The molecule has 0 heterocycles. The molecule has 0 fully saturated rings. The molecule has 1 aromatic carbocycles. The average Bonchev–Trinajstić information content (AvgIpc) is 2.34. The second-order valence-electron chi connectivity index (χ2n) is 5.49. The summed E-state index contributed by atoms with van der Waals surface area (Å²) >= 11 is 0. The molecule has 0 aliphatic heterocycles. The lowest BCUT2D eigenvalue weighted by Gasteiger charge is -2.25. The summed E-state index contributed by atoms with van der Waals surface area (Å²) in [6, 6.07) is 7.84. The molecule has 1 rings (SSSR count). The van der Waals surface area contributed by atoms with Crippen molar-refractivity contribution < 1.29 is 8.42 Å². The fraction of sp³-hybridized carbons (Fsp3) is 0.600. The Morgan fingerprint density at radius 3 is 2.00 bits per heavy atom. The number of benzene rings is 1. The first kappa shape index (κ1) is 16.2. The normalized spacial score (nSPS) is 15.5. The topological polar surface area (TPSA) is 46.2 Å². The Hall–Kier alpha value is -0.870. The van der Waals surface area contributed by atoms with Crippen LogP contribution in [0.3, 0.4) is 0 Å². The Balaban J connectivity index is 2.81. The van der Waals surface area contributed by atoms with Gasteiger partial charge in [0.15, 0.2) is 9.84 Å². The van der Waals surface area contributed by atoms with E-state index in [1.807, 2.05) is 12.1 Å². The van der Waals surface area contributed by atoms with Crippen LogP contribution in [0.5, 0.6) is 0 Å². The molecule has 2 atom stereocenters. The van der Waals surface area contributed by atoms with Crippen molar-refractivity contribution in [2.45, 2.75) is 51.1 Å². The van der Waals surface area contributed by atoms with Gasteiger partial charge in [-0.1, -0.05) is 32.9 Å². The third kappa shape index (κ3) is 4.62. The van der Waals surface area contributed by atoms with E-state index < -0.39 is 9.84 Å². The standard InChI is InChI=1S/C15H25NO2S/c1-6-15(11(2)3)16-12(4)13-7-9-14(10-8-13)19(5,17)18/h7-12,15-16H,6H2,1-5H3. The van der Waals surface area contributed by atoms with E-state index >= 15 is 0 Å². The summed E-state index contributed by atoms with van der Waals surface area (Å²) in [5.41, 5.74) is 1.12. The molecule has 1 aromatic rings. The van der Waals surface area contributed by atoms with Crippen LogP contribution in [0, 0.1) is 5.92 Å². The predicted octanol–water partition coefficient (Wildman–Crippen LogP) is 3.18. The van der Waals surface area contributed by atoms with Crippen LogP contribution in [-0.2, 0) is 9.84 Å². The zero-order chi connectivity index (χ0) is 14.6. The average molecular weight is 283 g/mol. The molecule has 0 aliphatic carbocycles. The van der Waals surface area contributed by atoms with E-state index in [1.165, 1.54) is 6.26 Å². The van der Waals surface area contributed by atoms with Gasteiger partial charge in [0, 0.05) is 18.3 Å². The summed E-state index contributed by atoms with van der Waals surface area (Å²) in [4.78, 5) is 0.374. The van der Waals surface area contributed by atoms with Gasteiger partial charge in [-0.15, -0.1) is 0 Å². The van der Waals surface area contributed by atoms with E-state index in [1.54, 1.807) is 12.1 Å². The molecular formula is C15H25NO2S. The van der Waals surface area contributed by atoms with E-state index in [-0.39, 0.29) is 6.04 Å². The van der Waals surface area contributed by atoms with Gasteiger partial charge in [0.05, 0.1) is 4.90 Å². The minimum Gasteiger partial charge on any atom is -0.307 e. The zero-order valence-corrected chi connectivity index (χ0v) is 13.3. The third-order valence-corrected chi connectivity index (χ3v) is 4.65. The maximum Gasteiger partial charge on any atom is 0.175 e. The molecule has 108 valence electrons. The molecule has 0 amide bonds. The van der Waals surface area contributed by atoms with Crippen molar-refractivity contribution in [3.05, 3.63) is 29.8 Å². The lowest BCUT2D eigenvalue weighted by atomic mass is 9.99. The van der Waals surface area contributed by atoms with Gasteiger partial charge in [-0.2, -0.15) is 0 Å². The maximum absolute atomic E-state index is 11.4. The van der Waals surface area contributed by atoms with Gasteiger partial charge >= 0.3 is 0 Å². The first-order valence-corrected chi connectivity index (χ1v) is 8.71. The molecule has 0 radical (unpaired) electrons. The summed E-state index contributed by atoms with van der Waals surface area (Å²) in [5.74, 6) is 0.586. The van der Waals surface area contributed by atoms with Crippen molar-refractivity contribution in [1.82, 2.24) is 5.32 Å². The van der Waals surface area contributed by atoms with E-state index in [4.69, 9.17) is 0 Å². The second kappa shape index (κ2) is 6.53. The third-order valence-electron chi connectivity index (χ3n) is 3.52. The van der Waals surface area contributed by atoms with Crippen molar-refractivity contribution in [3.8, 4) is 0 Å². The van der Waals surface area contributed by atoms with E-state index in [0.29, 0.717) is 16.9 Å². The van der Waals surface area contributed by atoms with Gasteiger partial charge in [-0.3, -0.25) is 0 Å². The molecule has 0 saturated carbocycles. The van der Waals surface area contributed by atoms with Crippen molar-refractivity contribution in [2.75, 3.05) is 6.26 Å². The fourth-order valence-electron chi connectivity index (χ4n) is 2.20. The predicted molar refractivity (Wildman–Crippen MR) is 80.0 cm³/mol. The highest BCUT2D eigenvalue weighted by Crippen LogP contribution is 2.18. The van der Waals surface area contributed by atoms with E-state index in [9.17, 15) is 8.42 Å². The highest BCUT2D eigenvalue weighted by molar-refractivity contribution is 7.90. The molecule has 4 heteroatoms. The Morgan fingerprint density at radius 2 is 1.63 bits per heavy atom. The largest absolute Gasteiger partial charge is 0.307 e. The number of rotatable bonds is 6. The molecule has 0 aromatic heterocycles. The van der Waals surface area contributed by atoms with Gasteiger partial charge in [0.2, 0.25) is 0 Å². The van der Waals surface area contributed by atoms with Crippen LogP contribution < -0.4 is 5.32 Å². The monoisotopic (exact) mass is 283 g/mol. The van der Waals surface area contributed by atoms with Crippen LogP contribution in [0.4, 0.5) is 0 Å². The Morgan fingerprint density at radius 1 is 1.11 bits per heavy atom. The maximum atomic E-state index is 11.4. The van der Waals surface area contributed by atoms with Crippen LogP contribution in [0.25, 0.3) is 0 Å². The summed E-state index contributed by atoms with van der Waals surface area (Å²) in [6.45, 7) is 8.71. The number of nitrogens with one attached hydrogen (secondary N) is 1. The molecule has 2 unspecified atom stereocenters. The van der Waals surface area contributed by atoms with Gasteiger partial charge in [-0.25, -0.2) is 8.42 Å². The van der Waals surface area contributed by atoms with Crippen molar-refractivity contribution in [1.29, 1.82) is 0 Å². The van der Waals surface area contributed by atoms with Crippen LogP contribution in [-0.4, -0.2) is 20.7 Å². The van der Waals surface area contributed by atoms with Crippen LogP contribution >= 0.6 is 0 Å². The molecule has 0 spiro atoms. The van der Waals surface area contributed by atoms with Crippen molar-refractivity contribution in [3.63, 3.8) is 0 Å². The van der Waals surface area contributed by atoms with Gasteiger partial charge in [0.25, 0.3) is 0 Å². The minimum atomic E-state index is -3.11. The SMILES string of the molecule is CCC(NC(C)c1ccc(S(C)(=O)=O)cc1)C(C)C. The highest BCUT2D eigenvalue weighted by Gasteiger charge is 2.15. The summed E-state index contributed by atoms with van der Waals surface area (Å²) in [6.07, 6.45) is 2.32. The number of sulfone groups is 1. The first-order valence-electron chi connectivity index (χ1n) is 6.81. The first-order chi connectivity index (χ1) is 8.75. The molecule has 0 aliphatic rings. The van der Waals surface area contributed by atoms with Gasteiger partial charge in [0.1, 0.15) is 0 Å². The lowest BCUT2D eigenvalue weighted by molar-refractivity contribution is 0.356.